The van der Waals surface area contributed by atoms with Crippen LogP contribution in [0.15, 0.2) is 42.5 Å². The van der Waals surface area contributed by atoms with Crippen molar-refractivity contribution in [2.75, 3.05) is 18.5 Å². The number of anilines is 1. The summed E-state index contributed by atoms with van der Waals surface area (Å²) in [6.07, 6.45) is 0. The number of ether oxygens (including phenoxy) is 1. The predicted molar refractivity (Wildman–Crippen MR) is 84.9 cm³/mol. The first-order valence-corrected chi connectivity index (χ1v) is 7.26. The Balaban J connectivity index is 1.94. The van der Waals surface area contributed by atoms with Crippen LogP contribution >= 0.6 is 0 Å². The summed E-state index contributed by atoms with van der Waals surface area (Å²) >= 11 is 0. The topological polar surface area (TPSA) is 67.4 Å². The van der Waals surface area contributed by atoms with E-state index in [0.29, 0.717) is 17.9 Å². The minimum atomic E-state index is -1.07. The van der Waals surface area contributed by atoms with E-state index in [1.54, 1.807) is 31.2 Å². The van der Waals surface area contributed by atoms with Gasteiger partial charge in [0.15, 0.2) is 11.6 Å². The molecule has 0 unspecified atom stereocenters. The Morgan fingerprint density at radius 3 is 2.54 bits per heavy atom. The highest BCUT2D eigenvalue weighted by Gasteiger charge is 2.13. The normalized spacial score (nSPS) is 10.1. The summed E-state index contributed by atoms with van der Waals surface area (Å²) in [4.78, 5) is 23.9. The second-order valence-corrected chi connectivity index (χ2v) is 4.79. The maximum Gasteiger partial charge on any atom is 0.255 e. The fraction of sp³-hybridized carbons (Fsp3) is 0.176. The van der Waals surface area contributed by atoms with Crippen LogP contribution in [0.5, 0.6) is 5.75 Å². The number of carbonyl (C=O) groups excluding carboxylic acids is 2. The Labute approximate surface area is 137 Å². The van der Waals surface area contributed by atoms with Crippen molar-refractivity contribution >= 4 is 17.5 Å². The van der Waals surface area contributed by atoms with Crippen molar-refractivity contribution in [1.82, 2.24) is 5.32 Å². The molecule has 0 heterocycles. The molecule has 2 amide bonds. The summed E-state index contributed by atoms with van der Waals surface area (Å²) in [6.45, 7) is 1.88. The van der Waals surface area contributed by atoms with Crippen LogP contribution in [-0.2, 0) is 4.79 Å². The van der Waals surface area contributed by atoms with Gasteiger partial charge in [0.05, 0.1) is 18.7 Å². The highest BCUT2D eigenvalue weighted by Crippen LogP contribution is 2.17. The number of halogens is 2. The van der Waals surface area contributed by atoms with Crippen molar-refractivity contribution < 1.29 is 23.1 Å². The highest BCUT2D eigenvalue weighted by molar-refractivity contribution is 6.00. The molecule has 2 aromatic carbocycles. The molecule has 0 saturated carbocycles. The van der Waals surface area contributed by atoms with E-state index < -0.39 is 23.4 Å². The lowest BCUT2D eigenvalue weighted by atomic mass is 10.2. The average molecular weight is 334 g/mol. The molecule has 0 aliphatic heterocycles. The van der Waals surface area contributed by atoms with Gasteiger partial charge >= 0.3 is 0 Å². The number of nitrogens with one attached hydrogen (secondary N) is 2. The molecule has 7 heteroatoms. The van der Waals surface area contributed by atoms with Gasteiger partial charge in [-0.25, -0.2) is 8.78 Å². The van der Waals surface area contributed by atoms with E-state index in [1.807, 2.05) is 0 Å². The fourth-order valence-corrected chi connectivity index (χ4v) is 1.97. The van der Waals surface area contributed by atoms with Gasteiger partial charge in [-0.15, -0.1) is 0 Å². The van der Waals surface area contributed by atoms with Crippen LogP contribution in [0.4, 0.5) is 14.5 Å². The molecule has 0 atom stereocenters. The molecule has 0 spiro atoms. The third-order valence-corrected chi connectivity index (χ3v) is 3.04. The maximum atomic E-state index is 13.1. The molecule has 0 radical (unpaired) electrons. The number of hydrogen-bond donors (Lipinski definition) is 2. The standard InChI is InChI=1S/C17H16F2N2O3/c1-2-24-15-6-4-3-5-12(15)17(23)20-10-16(22)21-11-7-8-13(18)14(19)9-11/h3-9H,2,10H2,1H3,(H,20,23)(H,21,22). The summed E-state index contributed by atoms with van der Waals surface area (Å²) in [7, 11) is 0. The van der Waals surface area contributed by atoms with Crippen LogP contribution in [0, 0.1) is 11.6 Å². The van der Waals surface area contributed by atoms with E-state index in [-0.39, 0.29) is 12.2 Å². The highest BCUT2D eigenvalue weighted by atomic mass is 19.2. The van der Waals surface area contributed by atoms with E-state index in [0.717, 1.165) is 12.1 Å². The zero-order chi connectivity index (χ0) is 17.5. The first-order valence-electron chi connectivity index (χ1n) is 7.26. The number of para-hydroxylation sites is 1. The molecule has 0 aliphatic rings. The minimum absolute atomic E-state index is 0.0999. The summed E-state index contributed by atoms with van der Waals surface area (Å²) in [5.74, 6) is -2.70. The Bertz CT molecular complexity index is 750. The van der Waals surface area contributed by atoms with Gasteiger partial charge in [0.2, 0.25) is 5.91 Å². The smallest absolute Gasteiger partial charge is 0.255 e. The fourth-order valence-electron chi connectivity index (χ4n) is 1.97. The van der Waals surface area contributed by atoms with Gasteiger partial charge in [-0.2, -0.15) is 0 Å². The van der Waals surface area contributed by atoms with Gasteiger partial charge in [-0.3, -0.25) is 9.59 Å². The molecular formula is C17H16F2N2O3. The first kappa shape index (κ1) is 17.4. The molecule has 0 aliphatic carbocycles. The Kier molecular flexibility index (Phi) is 5.83. The quantitative estimate of drug-likeness (QED) is 0.853. The van der Waals surface area contributed by atoms with Crippen molar-refractivity contribution in [3.8, 4) is 5.75 Å². The summed E-state index contributed by atoms with van der Waals surface area (Å²) in [5.41, 5.74) is 0.405. The summed E-state index contributed by atoms with van der Waals surface area (Å²) < 4.78 is 31.2. The zero-order valence-corrected chi connectivity index (χ0v) is 12.9. The van der Waals surface area contributed by atoms with Gasteiger partial charge in [-0.1, -0.05) is 12.1 Å². The van der Waals surface area contributed by atoms with Gasteiger partial charge in [0.1, 0.15) is 5.75 Å². The lowest BCUT2D eigenvalue weighted by molar-refractivity contribution is -0.115. The van der Waals surface area contributed by atoms with E-state index in [1.165, 1.54) is 6.07 Å². The van der Waals surface area contributed by atoms with Gasteiger partial charge in [-0.05, 0) is 31.2 Å². The van der Waals surface area contributed by atoms with Crippen LogP contribution in [0.1, 0.15) is 17.3 Å². The van der Waals surface area contributed by atoms with Gasteiger partial charge in [0, 0.05) is 11.8 Å². The van der Waals surface area contributed by atoms with E-state index in [9.17, 15) is 18.4 Å². The zero-order valence-electron chi connectivity index (χ0n) is 12.9. The number of amides is 2. The van der Waals surface area contributed by atoms with E-state index in [4.69, 9.17) is 4.74 Å². The van der Waals surface area contributed by atoms with E-state index >= 15 is 0 Å². The Morgan fingerprint density at radius 1 is 1.08 bits per heavy atom. The van der Waals surface area contributed by atoms with Crippen LogP contribution in [0.2, 0.25) is 0 Å². The predicted octanol–water partition coefficient (Wildman–Crippen LogP) is 2.73. The Hall–Kier alpha value is -2.96. The summed E-state index contributed by atoms with van der Waals surface area (Å²) in [6, 6.07) is 9.63. The number of carbonyl (C=O) groups is 2. The molecule has 2 aromatic rings. The molecule has 0 saturated heterocycles. The minimum Gasteiger partial charge on any atom is -0.493 e. The SMILES string of the molecule is CCOc1ccccc1C(=O)NCC(=O)Nc1ccc(F)c(F)c1. The molecule has 0 fully saturated rings. The van der Waals surface area contributed by atoms with Crippen LogP contribution in [-0.4, -0.2) is 25.0 Å². The maximum absolute atomic E-state index is 13.1. The van der Waals surface area contributed by atoms with Gasteiger partial charge < -0.3 is 15.4 Å². The van der Waals surface area contributed by atoms with Crippen molar-refractivity contribution in [2.45, 2.75) is 6.92 Å². The summed E-state index contributed by atoms with van der Waals surface area (Å²) in [5, 5.41) is 4.81. The lowest BCUT2D eigenvalue weighted by Crippen LogP contribution is -2.33. The van der Waals surface area contributed by atoms with Crippen LogP contribution < -0.4 is 15.4 Å². The number of benzene rings is 2. The Morgan fingerprint density at radius 2 is 1.83 bits per heavy atom. The largest absolute Gasteiger partial charge is 0.493 e. The molecule has 0 aromatic heterocycles. The van der Waals surface area contributed by atoms with Crippen molar-refractivity contribution in [3.63, 3.8) is 0 Å². The third-order valence-electron chi connectivity index (χ3n) is 3.04. The molecular weight excluding hydrogens is 318 g/mol. The van der Waals surface area contributed by atoms with Crippen LogP contribution in [0.25, 0.3) is 0 Å². The van der Waals surface area contributed by atoms with Crippen molar-refractivity contribution in [1.29, 1.82) is 0 Å². The lowest BCUT2D eigenvalue weighted by Gasteiger charge is -2.10. The van der Waals surface area contributed by atoms with E-state index in [2.05, 4.69) is 10.6 Å². The van der Waals surface area contributed by atoms with Crippen LogP contribution in [0.3, 0.4) is 0 Å². The second-order valence-electron chi connectivity index (χ2n) is 4.79. The third kappa shape index (κ3) is 4.52. The van der Waals surface area contributed by atoms with Crippen molar-refractivity contribution in [3.05, 3.63) is 59.7 Å². The monoisotopic (exact) mass is 334 g/mol. The number of hydrogen-bond acceptors (Lipinski definition) is 3. The molecule has 0 bridgehead atoms. The molecule has 126 valence electrons. The second kappa shape index (κ2) is 8.05. The first-order chi connectivity index (χ1) is 11.5. The molecule has 24 heavy (non-hydrogen) atoms. The molecule has 5 nitrogen and oxygen atoms in total. The molecule has 2 N–H and O–H groups in total. The van der Waals surface area contributed by atoms with Gasteiger partial charge in [0.25, 0.3) is 5.91 Å². The molecule has 2 rings (SSSR count). The van der Waals surface area contributed by atoms with Crippen molar-refractivity contribution in [2.24, 2.45) is 0 Å². The number of rotatable bonds is 6. The average Bonchev–Trinajstić information content (AvgIpc) is 2.57.